The van der Waals surface area contributed by atoms with Crippen molar-refractivity contribution in [1.29, 1.82) is 0 Å². The highest BCUT2D eigenvalue weighted by atomic mass is 32.2. The lowest BCUT2D eigenvalue weighted by atomic mass is 9.95. The Kier molecular flexibility index (Phi) is 12.6. The van der Waals surface area contributed by atoms with Gasteiger partial charge in [0.2, 0.25) is 0 Å². The number of ether oxygens (including phenoxy) is 2. The van der Waals surface area contributed by atoms with Crippen LogP contribution in [0.2, 0.25) is 0 Å². The number of rotatable bonds is 16. The van der Waals surface area contributed by atoms with Gasteiger partial charge in [-0.25, -0.2) is 4.79 Å². The summed E-state index contributed by atoms with van der Waals surface area (Å²) in [5.74, 6) is -1.14. The van der Waals surface area contributed by atoms with E-state index in [1.807, 2.05) is 30.5 Å². The topological polar surface area (TPSA) is 157 Å². The van der Waals surface area contributed by atoms with Crippen molar-refractivity contribution in [2.24, 2.45) is 0 Å². The number of carbonyl (C=O) groups excluding carboxylic acids is 2. The maximum absolute atomic E-state index is 13.3. The van der Waals surface area contributed by atoms with Crippen LogP contribution in [0.3, 0.4) is 0 Å². The van der Waals surface area contributed by atoms with Crippen molar-refractivity contribution in [2.75, 3.05) is 26.1 Å². The second-order valence-corrected chi connectivity index (χ2v) is 8.71. The number of hydrogen-bond donors (Lipinski definition) is 0. The minimum atomic E-state index is -1.13. The minimum Gasteiger partial charge on any atom is -0.462 e. The zero-order valence-electron chi connectivity index (χ0n) is 20.9. The molecule has 0 bridgehead atoms. The molecule has 12 nitrogen and oxygen atoms in total. The number of unbranched alkanes of at least 4 members (excludes halogenated alkanes) is 1. The highest BCUT2D eigenvalue weighted by molar-refractivity contribution is 7.98. The summed E-state index contributed by atoms with van der Waals surface area (Å²) in [6.45, 7) is 0.511. The third-order valence-corrected chi connectivity index (χ3v) is 5.92. The van der Waals surface area contributed by atoms with Gasteiger partial charge in [-0.3, -0.25) is 4.79 Å². The van der Waals surface area contributed by atoms with Crippen molar-refractivity contribution in [3.8, 4) is 0 Å². The van der Waals surface area contributed by atoms with E-state index in [9.17, 15) is 29.8 Å². The van der Waals surface area contributed by atoms with Crippen molar-refractivity contribution < 1.29 is 38.9 Å². The molecule has 0 saturated heterocycles. The molecule has 204 valence electrons. The molecular formula is C25H28N2O10S. The third-order valence-electron chi connectivity index (χ3n) is 5.18. The zero-order valence-corrected chi connectivity index (χ0v) is 21.7. The van der Waals surface area contributed by atoms with Crippen LogP contribution in [-0.2, 0) is 28.7 Å². The first-order chi connectivity index (χ1) is 18.2. The SMILES string of the molecule is CSc1ccc(/C(COC(C)=O)=C(/C(=O)OCCCCC(CO[N+](=O)[O-])O[N+](=O)[O-])c2ccccc2)cc1. The summed E-state index contributed by atoms with van der Waals surface area (Å²) in [6.07, 6.45) is 1.51. The quantitative estimate of drug-likeness (QED) is 0.0557. The van der Waals surface area contributed by atoms with Crippen LogP contribution in [0.15, 0.2) is 59.5 Å². The lowest BCUT2D eigenvalue weighted by molar-refractivity contribution is -0.790. The van der Waals surface area contributed by atoms with Gasteiger partial charge in [0, 0.05) is 17.4 Å². The Morgan fingerprint density at radius 2 is 1.61 bits per heavy atom. The van der Waals surface area contributed by atoms with Crippen LogP contribution >= 0.6 is 11.8 Å². The third kappa shape index (κ3) is 10.5. The van der Waals surface area contributed by atoms with E-state index in [4.69, 9.17) is 9.47 Å². The van der Waals surface area contributed by atoms with E-state index in [1.165, 1.54) is 6.92 Å². The molecule has 0 heterocycles. The van der Waals surface area contributed by atoms with Crippen molar-refractivity contribution in [2.45, 2.75) is 37.2 Å². The Morgan fingerprint density at radius 1 is 0.921 bits per heavy atom. The van der Waals surface area contributed by atoms with Crippen LogP contribution in [0, 0.1) is 20.2 Å². The van der Waals surface area contributed by atoms with Crippen LogP contribution in [0.25, 0.3) is 11.1 Å². The van der Waals surface area contributed by atoms with E-state index >= 15 is 0 Å². The molecule has 2 aromatic rings. The summed E-state index contributed by atoms with van der Waals surface area (Å²) >= 11 is 1.56. The Labute approximate surface area is 223 Å². The molecule has 0 aromatic heterocycles. The van der Waals surface area contributed by atoms with E-state index in [2.05, 4.69) is 9.68 Å². The Balaban J connectivity index is 2.20. The average molecular weight is 549 g/mol. The molecule has 1 unspecified atom stereocenters. The van der Waals surface area contributed by atoms with Crippen LogP contribution in [0.4, 0.5) is 0 Å². The first kappa shape index (κ1) is 30.1. The number of nitrogens with zero attached hydrogens (tertiary/aromatic N) is 2. The fourth-order valence-corrected chi connectivity index (χ4v) is 3.84. The predicted octanol–water partition coefficient (Wildman–Crippen LogP) is 4.38. The van der Waals surface area contributed by atoms with Crippen LogP contribution < -0.4 is 0 Å². The largest absolute Gasteiger partial charge is 0.462 e. The fourth-order valence-electron chi connectivity index (χ4n) is 3.43. The molecule has 0 saturated carbocycles. The Morgan fingerprint density at radius 3 is 2.18 bits per heavy atom. The van der Waals surface area contributed by atoms with Gasteiger partial charge in [0.05, 0.1) is 12.2 Å². The van der Waals surface area contributed by atoms with Crippen LogP contribution in [0.5, 0.6) is 0 Å². The van der Waals surface area contributed by atoms with E-state index < -0.39 is 34.8 Å². The summed E-state index contributed by atoms with van der Waals surface area (Å²) < 4.78 is 10.8. The average Bonchev–Trinajstić information content (AvgIpc) is 2.89. The number of esters is 2. The van der Waals surface area contributed by atoms with Gasteiger partial charge in [-0.1, -0.05) is 42.5 Å². The minimum absolute atomic E-state index is 0.0251. The summed E-state index contributed by atoms with van der Waals surface area (Å²) in [4.78, 5) is 55.5. The van der Waals surface area contributed by atoms with E-state index in [-0.39, 0.29) is 25.2 Å². The molecule has 0 fully saturated rings. The number of benzene rings is 2. The van der Waals surface area contributed by atoms with Gasteiger partial charge in [-0.2, -0.15) is 0 Å². The molecule has 0 spiro atoms. The Hall–Kier alpha value is -4.13. The van der Waals surface area contributed by atoms with Crippen molar-refractivity contribution in [1.82, 2.24) is 0 Å². The summed E-state index contributed by atoms with van der Waals surface area (Å²) in [6, 6.07) is 16.3. The maximum Gasteiger partial charge on any atom is 0.339 e. The molecule has 0 aliphatic rings. The second-order valence-electron chi connectivity index (χ2n) is 7.83. The van der Waals surface area contributed by atoms with Gasteiger partial charge in [0.15, 0.2) is 0 Å². The van der Waals surface area contributed by atoms with Gasteiger partial charge in [-0.05, 0) is 48.8 Å². The Bertz CT molecular complexity index is 1120. The highest BCUT2D eigenvalue weighted by Gasteiger charge is 2.22. The molecule has 0 radical (unpaired) electrons. The van der Waals surface area contributed by atoms with Gasteiger partial charge < -0.3 is 19.1 Å². The lowest BCUT2D eigenvalue weighted by Gasteiger charge is -2.17. The molecule has 0 amide bonds. The molecular weight excluding hydrogens is 520 g/mol. The first-order valence-electron chi connectivity index (χ1n) is 11.5. The predicted molar refractivity (Wildman–Crippen MR) is 138 cm³/mol. The van der Waals surface area contributed by atoms with Crippen molar-refractivity contribution in [3.63, 3.8) is 0 Å². The smallest absolute Gasteiger partial charge is 0.339 e. The highest BCUT2D eigenvalue weighted by Crippen LogP contribution is 2.29. The molecule has 38 heavy (non-hydrogen) atoms. The van der Waals surface area contributed by atoms with Gasteiger partial charge >= 0.3 is 11.9 Å². The van der Waals surface area contributed by atoms with Crippen LogP contribution in [-0.4, -0.2) is 54.3 Å². The van der Waals surface area contributed by atoms with Crippen molar-refractivity contribution >= 4 is 34.8 Å². The summed E-state index contributed by atoms with van der Waals surface area (Å²) in [7, 11) is 0. The summed E-state index contributed by atoms with van der Waals surface area (Å²) in [5.41, 5.74) is 1.97. The standard InChI is InChI=1S/C25H28N2O10S/c1-18(28)35-17-23(19-11-13-22(38-2)14-12-19)24(20-8-4-3-5-9-20)25(29)34-15-7-6-10-21(37-27(32)33)16-36-26(30)31/h3-5,8-9,11-14,21H,6-7,10,15-17H2,1-2H3/b24-23+. The molecule has 2 aromatic carbocycles. The second kappa shape index (κ2) is 15.9. The normalized spacial score (nSPS) is 12.1. The first-order valence-corrected chi connectivity index (χ1v) is 12.8. The van der Waals surface area contributed by atoms with Gasteiger partial charge in [-0.15, -0.1) is 32.0 Å². The summed E-state index contributed by atoms with van der Waals surface area (Å²) in [5, 5.41) is 18.9. The zero-order chi connectivity index (χ0) is 27.9. The number of hydrogen-bond acceptors (Lipinski definition) is 11. The number of carbonyl (C=O) groups is 2. The molecule has 0 aliphatic carbocycles. The van der Waals surface area contributed by atoms with Gasteiger partial charge in [0.25, 0.3) is 10.2 Å². The van der Waals surface area contributed by atoms with Gasteiger partial charge in [0.1, 0.15) is 19.3 Å². The molecule has 13 heteroatoms. The lowest BCUT2D eigenvalue weighted by Crippen LogP contribution is -2.24. The molecule has 1 atom stereocenters. The monoisotopic (exact) mass is 548 g/mol. The van der Waals surface area contributed by atoms with Crippen molar-refractivity contribution in [3.05, 3.63) is 86.0 Å². The molecule has 0 N–H and O–H groups in total. The van der Waals surface area contributed by atoms with E-state index in [1.54, 1.807) is 42.1 Å². The number of thioether (sulfide) groups is 1. The fraction of sp³-hybridized carbons (Fsp3) is 0.360. The molecule has 2 rings (SSSR count). The molecule has 0 aliphatic heterocycles. The maximum atomic E-state index is 13.3. The van der Waals surface area contributed by atoms with E-state index in [0.717, 1.165) is 4.90 Å². The van der Waals surface area contributed by atoms with E-state index in [0.29, 0.717) is 29.5 Å². The van der Waals surface area contributed by atoms with Crippen LogP contribution in [0.1, 0.15) is 37.3 Å².